The first-order valence-electron chi connectivity index (χ1n) is 10.9. The van der Waals surface area contributed by atoms with Gasteiger partial charge in [-0.15, -0.1) is 0 Å². The van der Waals surface area contributed by atoms with Crippen LogP contribution < -0.4 is 10.3 Å². The Morgan fingerprint density at radius 2 is 1.94 bits per heavy atom. The summed E-state index contributed by atoms with van der Waals surface area (Å²) in [5, 5.41) is 4.34. The molecular formula is C25H25FN4O2. The lowest BCUT2D eigenvalue weighted by molar-refractivity contribution is 0.432. The molecule has 0 N–H and O–H groups in total. The van der Waals surface area contributed by atoms with E-state index in [1.165, 1.54) is 6.07 Å². The maximum atomic E-state index is 15.1. The molecule has 6 nitrogen and oxygen atoms in total. The molecule has 2 aromatic carbocycles. The van der Waals surface area contributed by atoms with Crippen molar-refractivity contribution >= 4 is 16.6 Å². The molecule has 7 heteroatoms. The van der Waals surface area contributed by atoms with Crippen molar-refractivity contribution in [3.63, 3.8) is 0 Å². The van der Waals surface area contributed by atoms with E-state index >= 15 is 4.39 Å². The third kappa shape index (κ3) is 3.57. The topological polar surface area (TPSA) is 64.2 Å². The second-order valence-corrected chi connectivity index (χ2v) is 8.77. The number of benzene rings is 2. The second kappa shape index (κ2) is 7.89. The summed E-state index contributed by atoms with van der Waals surface area (Å²) in [7, 11) is 1.84. The minimum atomic E-state index is -0.382. The summed E-state index contributed by atoms with van der Waals surface area (Å²) in [5.74, 6) is 0.804. The van der Waals surface area contributed by atoms with Crippen LogP contribution in [-0.4, -0.2) is 27.8 Å². The Bertz CT molecular complexity index is 1370. The highest BCUT2D eigenvalue weighted by Gasteiger charge is 2.22. The van der Waals surface area contributed by atoms with Gasteiger partial charge in [0.15, 0.2) is 0 Å². The van der Waals surface area contributed by atoms with Crippen LogP contribution in [0.25, 0.3) is 33.7 Å². The number of piperidine rings is 1. The molecule has 0 atom stereocenters. The lowest BCUT2D eigenvalue weighted by atomic mass is 9.98. The van der Waals surface area contributed by atoms with Gasteiger partial charge in [0.05, 0.1) is 11.2 Å². The van der Waals surface area contributed by atoms with E-state index in [1.807, 2.05) is 42.8 Å². The Hall–Kier alpha value is -3.48. The molecule has 3 heterocycles. The Morgan fingerprint density at radius 1 is 1.16 bits per heavy atom. The Balaban J connectivity index is 1.57. The molecule has 0 saturated carbocycles. The maximum absolute atomic E-state index is 15.1. The number of fused-ring (bicyclic) bond motifs is 1. The molecule has 1 fully saturated rings. The van der Waals surface area contributed by atoms with E-state index in [0.717, 1.165) is 37.1 Å². The third-order valence-electron chi connectivity index (χ3n) is 6.31. The van der Waals surface area contributed by atoms with E-state index in [1.54, 1.807) is 12.3 Å². The van der Waals surface area contributed by atoms with Crippen LogP contribution in [0.3, 0.4) is 0 Å². The summed E-state index contributed by atoms with van der Waals surface area (Å²) >= 11 is 0. The van der Waals surface area contributed by atoms with Gasteiger partial charge < -0.3 is 14.0 Å². The number of rotatable bonds is 3. The van der Waals surface area contributed by atoms with E-state index < -0.39 is 0 Å². The zero-order valence-electron chi connectivity index (χ0n) is 18.4. The quantitative estimate of drug-likeness (QED) is 0.459. The molecule has 1 saturated heterocycles. The third-order valence-corrected chi connectivity index (χ3v) is 6.31. The first-order valence-corrected chi connectivity index (χ1v) is 10.9. The highest BCUT2D eigenvalue weighted by molar-refractivity contribution is 5.86. The summed E-state index contributed by atoms with van der Waals surface area (Å²) in [6.07, 6.45) is 3.75. The van der Waals surface area contributed by atoms with Crippen LogP contribution in [0.5, 0.6) is 0 Å². The van der Waals surface area contributed by atoms with E-state index in [0.29, 0.717) is 28.3 Å². The molecule has 4 aromatic rings. The Labute approximate surface area is 185 Å². The Kier molecular flexibility index (Phi) is 5.04. The summed E-state index contributed by atoms with van der Waals surface area (Å²) in [6, 6.07) is 10.9. The minimum Gasteiger partial charge on any atom is -0.369 e. The number of pyridine rings is 1. The number of halogens is 1. The second-order valence-electron chi connectivity index (χ2n) is 8.77. The van der Waals surface area contributed by atoms with Crippen molar-refractivity contribution in [2.24, 2.45) is 13.0 Å². The van der Waals surface area contributed by atoms with Crippen molar-refractivity contribution in [3.05, 3.63) is 64.2 Å². The summed E-state index contributed by atoms with van der Waals surface area (Å²) in [5.41, 5.74) is 3.04. The molecule has 32 heavy (non-hydrogen) atoms. The van der Waals surface area contributed by atoms with Crippen LogP contribution in [0.2, 0.25) is 0 Å². The van der Waals surface area contributed by atoms with Gasteiger partial charge in [-0.2, -0.15) is 4.98 Å². The number of hydrogen-bond acceptors (Lipinski definition) is 5. The fourth-order valence-electron chi connectivity index (χ4n) is 4.37. The van der Waals surface area contributed by atoms with Gasteiger partial charge in [0.2, 0.25) is 11.3 Å². The first-order chi connectivity index (χ1) is 15.4. The van der Waals surface area contributed by atoms with Crippen LogP contribution in [-0.2, 0) is 7.05 Å². The zero-order chi connectivity index (χ0) is 22.4. The standard InChI is InChI=1S/C25H25FN4O2/c1-15-7-9-30(10-8-15)22-13-21-18(12-20(22)26)23(31)19(14-29(21)3)25-27-24(28-32-25)17-6-4-5-16(2)11-17/h4-6,11-15H,7-10H2,1-3H3. The number of aromatic nitrogens is 3. The fourth-order valence-corrected chi connectivity index (χ4v) is 4.37. The average molecular weight is 432 g/mol. The van der Waals surface area contributed by atoms with E-state index in [-0.39, 0.29) is 22.7 Å². The van der Waals surface area contributed by atoms with E-state index in [9.17, 15) is 4.79 Å². The van der Waals surface area contributed by atoms with Crippen molar-refractivity contribution < 1.29 is 8.91 Å². The smallest absolute Gasteiger partial charge is 0.263 e. The fraction of sp³-hybridized carbons (Fsp3) is 0.320. The Morgan fingerprint density at radius 3 is 2.69 bits per heavy atom. The molecule has 2 aromatic heterocycles. The predicted octanol–water partition coefficient (Wildman–Crippen LogP) is 4.94. The zero-order valence-corrected chi connectivity index (χ0v) is 18.4. The van der Waals surface area contributed by atoms with Crippen LogP contribution in [0.4, 0.5) is 10.1 Å². The molecule has 5 rings (SSSR count). The number of anilines is 1. The summed E-state index contributed by atoms with van der Waals surface area (Å²) in [6.45, 7) is 5.84. The van der Waals surface area contributed by atoms with Gasteiger partial charge in [0, 0.05) is 37.3 Å². The number of nitrogens with zero attached hydrogens (tertiary/aromatic N) is 4. The molecule has 1 aliphatic heterocycles. The average Bonchev–Trinajstić information content (AvgIpc) is 3.27. The van der Waals surface area contributed by atoms with Crippen LogP contribution in [0.1, 0.15) is 25.3 Å². The highest BCUT2D eigenvalue weighted by Crippen LogP contribution is 2.30. The summed E-state index contributed by atoms with van der Waals surface area (Å²) < 4.78 is 22.3. The maximum Gasteiger partial charge on any atom is 0.263 e. The summed E-state index contributed by atoms with van der Waals surface area (Å²) in [4.78, 5) is 19.7. The number of aryl methyl sites for hydroxylation is 2. The van der Waals surface area contributed by atoms with Gasteiger partial charge in [-0.25, -0.2) is 4.39 Å². The molecule has 0 aliphatic carbocycles. The monoisotopic (exact) mass is 432 g/mol. The van der Waals surface area contributed by atoms with Crippen molar-refractivity contribution in [1.82, 2.24) is 14.7 Å². The molecule has 1 aliphatic rings. The van der Waals surface area contributed by atoms with E-state index in [4.69, 9.17) is 4.52 Å². The lowest BCUT2D eigenvalue weighted by Gasteiger charge is -2.32. The molecule has 0 radical (unpaired) electrons. The van der Waals surface area contributed by atoms with E-state index in [2.05, 4.69) is 22.0 Å². The normalized spacial score (nSPS) is 14.9. The predicted molar refractivity (Wildman–Crippen MR) is 123 cm³/mol. The van der Waals surface area contributed by atoms with Gasteiger partial charge in [0.1, 0.15) is 11.4 Å². The van der Waals surface area contributed by atoms with Gasteiger partial charge in [0.25, 0.3) is 5.89 Å². The van der Waals surface area contributed by atoms with Gasteiger partial charge in [-0.05, 0) is 43.9 Å². The van der Waals surface area contributed by atoms with Gasteiger partial charge in [-0.3, -0.25) is 4.79 Å². The van der Waals surface area contributed by atoms with Crippen molar-refractivity contribution in [2.75, 3.05) is 18.0 Å². The molecule has 0 amide bonds. The molecule has 164 valence electrons. The van der Waals surface area contributed by atoms with Crippen molar-refractivity contribution in [3.8, 4) is 22.8 Å². The molecule has 0 spiro atoms. The number of hydrogen-bond donors (Lipinski definition) is 0. The van der Waals surface area contributed by atoms with Crippen molar-refractivity contribution in [1.29, 1.82) is 0 Å². The largest absolute Gasteiger partial charge is 0.369 e. The lowest BCUT2D eigenvalue weighted by Crippen LogP contribution is -2.33. The van der Waals surface area contributed by atoms with Crippen LogP contribution >= 0.6 is 0 Å². The molecule has 0 bridgehead atoms. The minimum absolute atomic E-state index is 0.124. The van der Waals surface area contributed by atoms with Crippen molar-refractivity contribution in [2.45, 2.75) is 26.7 Å². The molecular weight excluding hydrogens is 407 g/mol. The SMILES string of the molecule is Cc1cccc(-c2noc(-c3cn(C)c4cc(N5CCC(C)CC5)c(F)cc4c3=O)n2)c1. The highest BCUT2D eigenvalue weighted by atomic mass is 19.1. The first kappa shape index (κ1) is 20.4. The van der Waals surface area contributed by atoms with Crippen LogP contribution in [0.15, 0.2) is 51.9 Å². The molecule has 0 unspecified atom stereocenters. The van der Waals surface area contributed by atoms with Gasteiger partial charge >= 0.3 is 0 Å². The van der Waals surface area contributed by atoms with Gasteiger partial charge in [-0.1, -0.05) is 35.8 Å². The van der Waals surface area contributed by atoms with Crippen LogP contribution in [0, 0.1) is 18.7 Å².